The molecule has 2 rings (SSSR count). The molecule has 1 aliphatic carbocycles. The van der Waals surface area contributed by atoms with Crippen molar-refractivity contribution in [3.63, 3.8) is 0 Å². The topological polar surface area (TPSA) is 25.8 Å². The second kappa shape index (κ2) is 2.16. The Morgan fingerprint density at radius 3 is 1.91 bits per heavy atom. The summed E-state index contributed by atoms with van der Waals surface area (Å²) in [7, 11) is 0. The second-order valence-corrected chi connectivity index (χ2v) is 2.99. The van der Waals surface area contributed by atoms with E-state index in [1.54, 1.807) is 12.4 Å². The molecule has 0 saturated heterocycles. The number of aromatic nitrogens is 2. The number of fused-ring (bicyclic) bond motifs is 1. The quantitative estimate of drug-likeness (QED) is 0.523. The van der Waals surface area contributed by atoms with Crippen LogP contribution < -0.4 is 10.7 Å². The summed E-state index contributed by atoms with van der Waals surface area (Å²) in [5, 5.41) is 2.18. The van der Waals surface area contributed by atoms with Crippen LogP contribution in [-0.2, 0) is 0 Å². The maximum absolute atomic E-state index is 4.27. The number of hydrogen-bond donors (Lipinski definition) is 0. The fraction of sp³-hybridized carbons (Fsp3) is 0.333. The van der Waals surface area contributed by atoms with E-state index in [1.165, 1.54) is 11.1 Å². The summed E-state index contributed by atoms with van der Waals surface area (Å²) in [4.78, 5) is 8.54. The zero-order chi connectivity index (χ0) is 7.84. The maximum atomic E-state index is 4.27. The fourth-order valence-corrected chi connectivity index (χ4v) is 1.53. The van der Waals surface area contributed by atoms with Gasteiger partial charge < -0.3 is 0 Å². The van der Waals surface area contributed by atoms with Gasteiger partial charge in [-0.15, -0.1) is 0 Å². The molecule has 0 amide bonds. The normalized spacial score (nSPS) is 15.5. The number of nitrogens with zero attached hydrogens (tertiary/aromatic N) is 2. The fourth-order valence-electron chi connectivity index (χ4n) is 1.53. The van der Waals surface area contributed by atoms with Crippen LogP contribution in [0.3, 0.4) is 0 Å². The van der Waals surface area contributed by atoms with Gasteiger partial charge in [0.15, 0.2) is 0 Å². The van der Waals surface area contributed by atoms with Crippen molar-refractivity contribution >= 4 is 11.1 Å². The third kappa shape index (κ3) is 0.862. The van der Waals surface area contributed by atoms with Crippen molar-refractivity contribution in [2.45, 2.75) is 20.3 Å². The molecular weight excluding hydrogens is 136 g/mol. The van der Waals surface area contributed by atoms with Crippen LogP contribution in [0.1, 0.15) is 20.3 Å². The monoisotopic (exact) mass is 146 g/mol. The van der Waals surface area contributed by atoms with Crippen molar-refractivity contribution in [3.05, 3.63) is 23.1 Å². The molecule has 56 valence electrons. The predicted molar refractivity (Wildman–Crippen MR) is 44.1 cm³/mol. The van der Waals surface area contributed by atoms with Crippen molar-refractivity contribution < 1.29 is 0 Å². The summed E-state index contributed by atoms with van der Waals surface area (Å²) in [6, 6.07) is 0. The molecule has 1 aromatic rings. The van der Waals surface area contributed by atoms with Crippen LogP contribution in [0, 0.1) is 0 Å². The molecule has 0 atom stereocenters. The highest BCUT2D eigenvalue weighted by atomic mass is 14.8. The number of hydrogen-bond acceptors (Lipinski definition) is 2. The summed E-state index contributed by atoms with van der Waals surface area (Å²) in [5.41, 5.74) is 2.68. The molecule has 1 heterocycles. The van der Waals surface area contributed by atoms with Crippen LogP contribution in [-0.4, -0.2) is 9.97 Å². The molecule has 0 unspecified atom stereocenters. The van der Waals surface area contributed by atoms with Crippen molar-refractivity contribution in [1.29, 1.82) is 0 Å². The Morgan fingerprint density at radius 2 is 1.45 bits per heavy atom. The van der Waals surface area contributed by atoms with E-state index in [2.05, 4.69) is 23.8 Å². The first-order valence-corrected chi connectivity index (χ1v) is 3.75. The van der Waals surface area contributed by atoms with Crippen LogP contribution >= 0.6 is 0 Å². The lowest BCUT2D eigenvalue weighted by molar-refractivity contribution is 1.09. The highest BCUT2D eigenvalue weighted by molar-refractivity contribution is 5.62. The summed E-state index contributed by atoms with van der Waals surface area (Å²) in [5.74, 6) is 0. The minimum atomic E-state index is 1.04. The molecule has 0 aromatic carbocycles. The van der Waals surface area contributed by atoms with Gasteiger partial charge in [-0.3, -0.25) is 9.97 Å². The highest BCUT2D eigenvalue weighted by Gasteiger charge is 2.06. The lowest BCUT2D eigenvalue weighted by atomic mass is 10.2. The predicted octanol–water partition coefficient (Wildman–Crippen LogP) is 0.221. The molecule has 0 fully saturated rings. The van der Waals surface area contributed by atoms with Crippen LogP contribution in [0.5, 0.6) is 0 Å². The third-order valence-corrected chi connectivity index (χ3v) is 2.04. The van der Waals surface area contributed by atoms with Crippen molar-refractivity contribution in [3.8, 4) is 0 Å². The zero-order valence-electron chi connectivity index (χ0n) is 6.76. The van der Waals surface area contributed by atoms with Gasteiger partial charge in [-0.2, -0.15) is 0 Å². The van der Waals surface area contributed by atoms with Gasteiger partial charge in [0.05, 0.1) is 10.7 Å². The molecule has 1 aliphatic rings. The minimum absolute atomic E-state index is 1.04. The van der Waals surface area contributed by atoms with Gasteiger partial charge in [0.1, 0.15) is 0 Å². The van der Waals surface area contributed by atoms with Crippen LogP contribution in [0.25, 0.3) is 11.1 Å². The Labute approximate surface area is 65.3 Å². The molecule has 0 saturated carbocycles. The summed E-state index contributed by atoms with van der Waals surface area (Å²) in [6.45, 7) is 4.23. The Kier molecular flexibility index (Phi) is 1.28. The molecule has 0 spiro atoms. The summed E-state index contributed by atoms with van der Waals surface area (Å²) in [6.07, 6.45) is 4.54. The van der Waals surface area contributed by atoms with E-state index in [0.29, 0.717) is 0 Å². The standard InChI is InChI=1S/C9H10N2/c1-6-5-7(2)9-8(6)10-3-4-11-9/h3-4H,5H2,1-2H3. The number of rotatable bonds is 0. The molecule has 2 heteroatoms. The minimum Gasteiger partial charge on any atom is -0.253 e. The van der Waals surface area contributed by atoms with E-state index in [9.17, 15) is 0 Å². The molecule has 1 aromatic heterocycles. The van der Waals surface area contributed by atoms with E-state index in [-0.39, 0.29) is 0 Å². The highest BCUT2D eigenvalue weighted by Crippen LogP contribution is 2.10. The average molecular weight is 146 g/mol. The molecule has 0 aliphatic heterocycles. The average Bonchev–Trinajstić information content (AvgIpc) is 2.30. The van der Waals surface area contributed by atoms with Crippen LogP contribution in [0.4, 0.5) is 0 Å². The smallest absolute Gasteiger partial charge is 0.0878 e. The van der Waals surface area contributed by atoms with Gasteiger partial charge in [-0.1, -0.05) is 0 Å². The first-order chi connectivity index (χ1) is 5.29. The molecule has 2 nitrogen and oxygen atoms in total. The lowest BCUT2D eigenvalue weighted by Crippen LogP contribution is -2.29. The summed E-state index contributed by atoms with van der Waals surface area (Å²) >= 11 is 0. The Bertz CT molecular complexity index is 365. The Morgan fingerprint density at radius 1 is 1.00 bits per heavy atom. The molecular formula is C9H10N2. The first kappa shape index (κ1) is 6.53. The Hall–Kier alpha value is -1.18. The van der Waals surface area contributed by atoms with Crippen LogP contribution in [0.15, 0.2) is 12.4 Å². The van der Waals surface area contributed by atoms with Gasteiger partial charge in [0.2, 0.25) is 0 Å². The van der Waals surface area contributed by atoms with E-state index in [1.807, 2.05) is 0 Å². The second-order valence-electron chi connectivity index (χ2n) is 2.99. The van der Waals surface area contributed by atoms with Gasteiger partial charge in [0.25, 0.3) is 0 Å². The summed E-state index contributed by atoms with van der Waals surface area (Å²) < 4.78 is 0. The molecule has 0 radical (unpaired) electrons. The van der Waals surface area contributed by atoms with Gasteiger partial charge in [-0.25, -0.2) is 0 Å². The van der Waals surface area contributed by atoms with E-state index >= 15 is 0 Å². The Balaban J connectivity index is 2.98. The molecule has 0 N–H and O–H groups in total. The van der Waals surface area contributed by atoms with Crippen molar-refractivity contribution in [1.82, 2.24) is 9.97 Å². The zero-order valence-corrected chi connectivity index (χ0v) is 6.76. The maximum Gasteiger partial charge on any atom is 0.0878 e. The van der Waals surface area contributed by atoms with Gasteiger partial charge in [-0.05, 0) is 31.4 Å². The largest absolute Gasteiger partial charge is 0.253 e. The van der Waals surface area contributed by atoms with Gasteiger partial charge in [0, 0.05) is 12.4 Å². The first-order valence-electron chi connectivity index (χ1n) is 3.75. The van der Waals surface area contributed by atoms with Gasteiger partial charge >= 0.3 is 0 Å². The molecule has 0 bridgehead atoms. The van der Waals surface area contributed by atoms with Crippen molar-refractivity contribution in [2.24, 2.45) is 0 Å². The third-order valence-electron chi connectivity index (χ3n) is 2.04. The van der Waals surface area contributed by atoms with E-state index in [0.717, 1.165) is 17.1 Å². The SMILES string of the molecule is CC1=c2nccnc2=C(C)C1. The van der Waals surface area contributed by atoms with E-state index < -0.39 is 0 Å². The van der Waals surface area contributed by atoms with Crippen LogP contribution in [0.2, 0.25) is 0 Å². The van der Waals surface area contributed by atoms with Crippen molar-refractivity contribution in [2.75, 3.05) is 0 Å². The lowest BCUT2D eigenvalue weighted by Gasteiger charge is -1.87. The molecule has 11 heavy (non-hydrogen) atoms. The van der Waals surface area contributed by atoms with E-state index in [4.69, 9.17) is 0 Å².